The van der Waals surface area contributed by atoms with Crippen molar-refractivity contribution in [1.29, 1.82) is 0 Å². The predicted molar refractivity (Wildman–Crippen MR) is 126 cm³/mol. The van der Waals surface area contributed by atoms with Crippen LogP contribution in [0.15, 0.2) is 59.0 Å². The van der Waals surface area contributed by atoms with Crippen LogP contribution in [0, 0.1) is 6.92 Å². The van der Waals surface area contributed by atoms with E-state index in [0.29, 0.717) is 12.4 Å². The van der Waals surface area contributed by atoms with Gasteiger partial charge in [0, 0.05) is 0 Å². The Kier molecular flexibility index (Phi) is 8.39. The zero-order chi connectivity index (χ0) is 25.4. The number of benzene rings is 2. The number of anilines is 1. The fraction of sp³-hybridized carbons (Fsp3) is 0.231. The van der Waals surface area contributed by atoms with Crippen molar-refractivity contribution in [2.24, 2.45) is 0 Å². The predicted octanol–water partition coefficient (Wildman–Crippen LogP) is 4.34. The molecule has 3 rings (SSSR count). The Labute approximate surface area is 202 Å². The van der Waals surface area contributed by atoms with E-state index >= 15 is 0 Å². The van der Waals surface area contributed by atoms with E-state index in [9.17, 15) is 19.2 Å². The zero-order valence-corrected chi connectivity index (χ0v) is 19.6. The number of rotatable bonds is 10. The van der Waals surface area contributed by atoms with Gasteiger partial charge in [-0.3, -0.25) is 14.9 Å². The Morgan fingerprint density at radius 2 is 1.66 bits per heavy atom. The Morgan fingerprint density at radius 1 is 0.914 bits per heavy atom. The van der Waals surface area contributed by atoms with Crippen molar-refractivity contribution in [2.45, 2.75) is 27.4 Å². The molecule has 0 spiro atoms. The van der Waals surface area contributed by atoms with Crippen LogP contribution in [-0.4, -0.2) is 36.8 Å². The Balaban J connectivity index is 1.62. The number of hydrogen-bond donors (Lipinski definition) is 1. The van der Waals surface area contributed by atoms with E-state index in [2.05, 4.69) is 5.32 Å². The number of Topliss-reactive ketones (excluding diaryl/α,β-unsaturated/α-hetero) is 1. The first-order valence-corrected chi connectivity index (χ1v) is 10.8. The van der Waals surface area contributed by atoms with E-state index < -0.39 is 30.2 Å². The quantitative estimate of drug-likeness (QED) is 0.337. The molecule has 0 saturated heterocycles. The van der Waals surface area contributed by atoms with Crippen LogP contribution in [0.2, 0.25) is 0 Å². The number of esters is 2. The summed E-state index contributed by atoms with van der Waals surface area (Å²) >= 11 is 0. The van der Waals surface area contributed by atoms with Gasteiger partial charge in [-0.15, -0.1) is 0 Å². The van der Waals surface area contributed by atoms with Gasteiger partial charge in [-0.2, -0.15) is 0 Å². The maximum absolute atomic E-state index is 12.4. The molecule has 9 nitrogen and oxygen atoms in total. The number of furan rings is 1. The summed E-state index contributed by atoms with van der Waals surface area (Å²) in [6.07, 6.45) is 0. The molecule has 0 aliphatic heterocycles. The van der Waals surface area contributed by atoms with Gasteiger partial charge < -0.3 is 18.6 Å². The first-order chi connectivity index (χ1) is 16.8. The molecule has 0 aliphatic rings. The number of nitrogens with one attached hydrogen (secondary N) is 1. The van der Waals surface area contributed by atoms with E-state index in [4.69, 9.17) is 18.6 Å². The molecule has 9 heteroatoms. The van der Waals surface area contributed by atoms with Crippen LogP contribution in [0.3, 0.4) is 0 Å². The highest BCUT2D eigenvalue weighted by atomic mass is 16.5. The molecule has 1 aromatic heterocycles. The summed E-state index contributed by atoms with van der Waals surface area (Å²) in [5, 5.41) is 2.36. The summed E-state index contributed by atoms with van der Waals surface area (Å²) < 4.78 is 21.2. The maximum Gasteiger partial charge on any atom is 0.344 e. The van der Waals surface area contributed by atoms with Gasteiger partial charge in [0.2, 0.25) is 5.88 Å². The van der Waals surface area contributed by atoms with Gasteiger partial charge in [0.05, 0.1) is 17.7 Å². The van der Waals surface area contributed by atoms with E-state index in [0.717, 1.165) is 5.56 Å². The molecule has 3 aromatic rings. The average molecular weight is 479 g/mol. The molecular formula is C26H25NO8. The summed E-state index contributed by atoms with van der Waals surface area (Å²) in [6, 6.07) is 15.9. The average Bonchev–Trinajstić information content (AvgIpc) is 3.18. The highest BCUT2D eigenvalue weighted by molar-refractivity contribution is 6.10. The monoisotopic (exact) mass is 479 g/mol. The second-order valence-electron chi connectivity index (χ2n) is 7.44. The molecule has 1 amide bonds. The molecule has 1 heterocycles. The lowest BCUT2D eigenvalue weighted by atomic mass is 10.1. The van der Waals surface area contributed by atoms with Gasteiger partial charge in [0.25, 0.3) is 5.91 Å². The van der Waals surface area contributed by atoms with Crippen LogP contribution in [0.4, 0.5) is 5.88 Å². The van der Waals surface area contributed by atoms with E-state index in [1.54, 1.807) is 19.1 Å². The fourth-order valence-electron chi connectivity index (χ4n) is 3.29. The first kappa shape index (κ1) is 25.2. The minimum absolute atomic E-state index is 0.0167. The summed E-state index contributed by atoms with van der Waals surface area (Å²) in [5.74, 6) is -2.36. The lowest BCUT2D eigenvalue weighted by molar-refractivity contribution is -0.119. The zero-order valence-electron chi connectivity index (χ0n) is 19.6. The van der Waals surface area contributed by atoms with Gasteiger partial charge in [-0.25, -0.2) is 9.59 Å². The minimum atomic E-state index is -0.811. The summed E-state index contributed by atoms with van der Waals surface area (Å²) in [6.45, 7) is 4.12. The van der Waals surface area contributed by atoms with Crippen LogP contribution < -0.4 is 10.1 Å². The van der Waals surface area contributed by atoms with Crippen molar-refractivity contribution in [1.82, 2.24) is 0 Å². The van der Waals surface area contributed by atoms with Crippen LogP contribution in [0.25, 0.3) is 0 Å². The number of hydrogen-bond acceptors (Lipinski definition) is 8. The molecule has 35 heavy (non-hydrogen) atoms. The lowest BCUT2D eigenvalue weighted by Crippen LogP contribution is -2.22. The number of amides is 1. The van der Waals surface area contributed by atoms with Crippen molar-refractivity contribution in [3.63, 3.8) is 0 Å². The molecule has 1 N–H and O–H groups in total. The number of ether oxygens (including phenoxy) is 3. The Morgan fingerprint density at radius 3 is 2.34 bits per heavy atom. The van der Waals surface area contributed by atoms with Crippen LogP contribution in [-0.2, 0) is 20.9 Å². The van der Waals surface area contributed by atoms with Crippen molar-refractivity contribution in [2.75, 3.05) is 18.5 Å². The van der Waals surface area contributed by atoms with Gasteiger partial charge in [0.1, 0.15) is 23.7 Å². The van der Waals surface area contributed by atoms with Gasteiger partial charge in [-0.1, -0.05) is 36.4 Å². The molecule has 0 bridgehead atoms. The van der Waals surface area contributed by atoms with Gasteiger partial charge in [0.15, 0.2) is 12.4 Å². The number of ketones is 1. The van der Waals surface area contributed by atoms with Crippen molar-refractivity contribution in [3.05, 3.63) is 82.6 Å². The van der Waals surface area contributed by atoms with Gasteiger partial charge >= 0.3 is 11.9 Å². The molecule has 0 aliphatic carbocycles. The normalized spacial score (nSPS) is 10.4. The highest BCUT2D eigenvalue weighted by Gasteiger charge is 2.29. The number of carbonyl (C=O) groups excluding carboxylic acids is 4. The highest BCUT2D eigenvalue weighted by Crippen LogP contribution is 2.28. The molecule has 0 fully saturated rings. The maximum atomic E-state index is 12.4. The molecule has 182 valence electrons. The van der Waals surface area contributed by atoms with Crippen molar-refractivity contribution >= 4 is 29.5 Å². The smallest absolute Gasteiger partial charge is 0.344 e. The number of carbonyl (C=O) groups is 4. The van der Waals surface area contributed by atoms with Crippen LogP contribution in [0.5, 0.6) is 5.75 Å². The standard InChI is InChI=1S/C26H25NO8/c1-4-32-26(31)23-22(16(2)28)17(3)35-24(23)27-21(29)15-34-25(30)19-11-8-12-20(13-19)33-14-18-9-6-5-7-10-18/h5-13H,4,14-15H2,1-3H3,(H,27,29). The second kappa shape index (κ2) is 11.6. The molecule has 0 unspecified atom stereocenters. The van der Waals surface area contributed by atoms with Crippen LogP contribution in [0.1, 0.15) is 56.2 Å². The lowest BCUT2D eigenvalue weighted by Gasteiger charge is -2.09. The Hall–Kier alpha value is -4.40. The van der Waals surface area contributed by atoms with Crippen LogP contribution >= 0.6 is 0 Å². The second-order valence-corrected chi connectivity index (χ2v) is 7.44. The molecule has 2 aromatic carbocycles. The van der Waals surface area contributed by atoms with E-state index in [1.165, 1.54) is 26.0 Å². The SMILES string of the molecule is CCOC(=O)c1c(NC(=O)COC(=O)c2cccc(OCc3ccccc3)c2)oc(C)c1C(C)=O. The Bertz CT molecular complexity index is 1230. The van der Waals surface area contributed by atoms with E-state index in [1.807, 2.05) is 30.3 Å². The minimum Gasteiger partial charge on any atom is -0.489 e. The van der Waals surface area contributed by atoms with Crippen molar-refractivity contribution < 1.29 is 37.8 Å². The molecule has 0 saturated carbocycles. The third-order valence-corrected chi connectivity index (χ3v) is 4.82. The van der Waals surface area contributed by atoms with Gasteiger partial charge in [-0.05, 0) is 44.5 Å². The molecular weight excluding hydrogens is 454 g/mol. The number of aryl methyl sites for hydroxylation is 1. The molecule has 0 radical (unpaired) electrons. The van der Waals surface area contributed by atoms with Crippen molar-refractivity contribution in [3.8, 4) is 5.75 Å². The first-order valence-electron chi connectivity index (χ1n) is 10.8. The molecule has 0 atom stereocenters. The topological polar surface area (TPSA) is 121 Å². The van der Waals surface area contributed by atoms with E-state index in [-0.39, 0.29) is 34.9 Å². The third kappa shape index (κ3) is 6.57. The third-order valence-electron chi connectivity index (χ3n) is 4.82. The summed E-state index contributed by atoms with van der Waals surface area (Å²) in [4.78, 5) is 49.1. The summed E-state index contributed by atoms with van der Waals surface area (Å²) in [7, 11) is 0. The summed E-state index contributed by atoms with van der Waals surface area (Å²) in [5.41, 5.74) is 1.01. The fourth-order valence-corrected chi connectivity index (χ4v) is 3.29. The largest absolute Gasteiger partial charge is 0.489 e.